The summed E-state index contributed by atoms with van der Waals surface area (Å²) in [6.07, 6.45) is 1.68. The van der Waals surface area contributed by atoms with Crippen LogP contribution in [0.5, 0.6) is 0 Å². The molecule has 0 spiro atoms. The van der Waals surface area contributed by atoms with Crippen molar-refractivity contribution in [2.75, 3.05) is 12.8 Å². The van der Waals surface area contributed by atoms with Crippen molar-refractivity contribution < 1.29 is 18.3 Å². The van der Waals surface area contributed by atoms with Crippen molar-refractivity contribution in [2.45, 2.75) is 29.4 Å². The first-order valence-electron chi connectivity index (χ1n) is 8.34. The highest BCUT2D eigenvalue weighted by atomic mass is 32.2. The molecule has 3 rings (SSSR count). The van der Waals surface area contributed by atoms with E-state index in [2.05, 4.69) is 0 Å². The number of carboxylic acid groups (broad SMARTS) is 1. The Balaban J connectivity index is 1.97. The van der Waals surface area contributed by atoms with Crippen molar-refractivity contribution in [3.8, 4) is 0 Å². The number of aliphatic carboxylic acids is 1. The average molecular weight is 374 g/mol. The zero-order chi connectivity index (χ0) is 18.9. The van der Waals surface area contributed by atoms with Gasteiger partial charge in [0.1, 0.15) is 0 Å². The highest BCUT2D eigenvalue weighted by Crippen LogP contribution is 2.40. The Labute approximate surface area is 153 Å². The normalized spacial score (nSPS) is 23.8. The third-order valence-corrected chi connectivity index (χ3v) is 6.10. The molecule has 1 aliphatic rings. The van der Waals surface area contributed by atoms with Gasteiger partial charge in [-0.1, -0.05) is 42.5 Å². The van der Waals surface area contributed by atoms with Crippen LogP contribution in [0.4, 0.5) is 0 Å². The van der Waals surface area contributed by atoms with Crippen LogP contribution in [0.3, 0.4) is 0 Å². The molecule has 2 aromatic carbocycles. The van der Waals surface area contributed by atoms with Crippen molar-refractivity contribution in [1.29, 1.82) is 0 Å². The average Bonchev–Trinajstić information content (AvgIpc) is 2.93. The Morgan fingerprint density at radius 1 is 1.23 bits per heavy atom. The smallest absolute Gasteiger partial charge is 0.339 e. The van der Waals surface area contributed by atoms with E-state index in [9.17, 15) is 18.3 Å². The Hall–Kier alpha value is -2.22. The highest BCUT2D eigenvalue weighted by Gasteiger charge is 2.52. The second-order valence-corrected chi connectivity index (χ2v) is 8.74. The Bertz CT molecular complexity index is 914. The lowest BCUT2D eigenvalue weighted by molar-refractivity contribution is -0.150. The maximum absolute atomic E-state index is 12.1. The van der Waals surface area contributed by atoms with E-state index in [0.29, 0.717) is 25.1 Å². The summed E-state index contributed by atoms with van der Waals surface area (Å²) in [7, 11) is -3.38. The summed E-state index contributed by atoms with van der Waals surface area (Å²) in [5.41, 5.74) is 6.43. The predicted molar refractivity (Wildman–Crippen MR) is 98.3 cm³/mol. The van der Waals surface area contributed by atoms with Gasteiger partial charge >= 0.3 is 5.97 Å². The summed E-state index contributed by atoms with van der Waals surface area (Å²) >= 11 is 0. The minimum absolute atomic E-state index is 0.171. The molecule has 7 heteroatoms. The van der Waals surface area contributed by atoms with Crippen molar-refractivity contribution >= 4 is 15.8 Å². The summed E-state index contributed by atoms with van der Waals surface area (Å²) in [5.74, 6) is -1.61. The fourth-order valence-corrected chi connectivity index (χ4v) is 4.27. The third-order valence-electron chi connectivity index (χ3n) is 4.99. The maximum Gasteiger partial charge on any atom is 0.339 e. The number of hydrogen-bond donors (Lipinski definition) is 2. The summed E-state index contributed by atoms with van der Waals surface area (Å²) in [6, 6.07) is 16.0. The van der Waals surface area contributed by atoms with Crippen molar-refractivity contribution in [3.05, 3.63) is 65.7 Å². The van der Waals surface area contributed by atoms with Crippen LogP contribution in [-0.4, -0.2) is 42.9 Å². The summed E-state index contributed by atoms with van der Waals surface area (Å²) in [5, 5.41) is 9.90. The molecule has 1 aliphatic heterocycles. The van der Waals surface area contributed by atoms with E-state index in [1.54, 1.807) is 17.0 Å². The van der Waals surface area contributed by atoms with E-state index in [-0.39, 0.29) is 4.90 Å². The topological polar surface area (TPSA) is 101 Å². The van der Waals surface area contributed by atoms with E-state index >= 15 is 0 Å². The first-order chi connectivity index (χ1) is 12.2. The van der Waals surface area contributed by atoms with Gasteiger partial charge < -0.3 is 10.8 Å². The lowest BCUT2D eigenvalue weighted by atomic mass is 9.87. The van der Waals surface area contributed by atoms with Gasteiger partial charge in [-0.3, -0.25) is 4.90 Å². The molecule has 0 unspecified atom stereocenters. The molecule has 26 heavy (non-hydrogen) atoms. The molecular weight excluding hydrogens is 352 g/mol. The molecule has 138 valence electrons. The molecule has 2 aromatic rings. The number of benzene rings is 2. The zero-order valence-electron chi connectivity index (χ0n) is 14.5. The fourth-order valence-electron chi connectivity index (χ4n) is 3.59. The van der Waals surface area contributed by atoms with Gasteiger partial charge in [-0.05, 0) is 29.7 Å². The Morgan fingerprint density at radius 2 is 1.92 bits per heavy atom. The van der Waals surface area contributed by atoms with E-state index in [1.807, 2.05) is 30.3 Å². The zero-order valence-corrected chi connectivity index (χ0v) is 15.3. The minimum atomic E-state index is -3.38. The van der Waals surface area contributed by atoms with Gasteiger partial charge in [0, 0.05) is 25.3 Å². The number of hydrogen-bond acceptors (Lipinski definition) is 5. The van der Waals surface area contributed by atoms with E-state index in [0.717, 1.165) is 11.8 Å². The van der Waals surface area contributed by atoms with Crippen LogP contribution in [0.1, 0.15) is 23.5 Å². The summed E-state index contributed by atoms with van der Waals surface area (Å²) < 4.78 is 23.7. The molecule has 0 saturated carbocycles. The van der Waals surface area contributed by atoms with E-state index < -0.39 is 27.4 Å². The third kappa shape index (κ3) is 3.38. The largest absolute Gasteiger partial charge is 0.479 e. The summed E-state index contributed by atoms with van der Waals surface area (Å²) in [6.45, 7) is 0.942. The molecule has 3 N–H and O–H groups in total. The Morgan fingerprint density at radius 3 is 2.54 bits per heavy atom. The lowest BCUT2D eigenvalue weighted by Gasteiger charge is -2.35. The van der Waals surface area contributed by atoms with Crippen LogP contribution in [0.2, 0.25) is 0 Å². The van der Waals surface area contributed by atoms with Crippen LogP contribution in [-0.2, 0) is 21.2 Å². The first kappa shape index (κ1) is 18.6. The molecular formula is C19H22N2O4S. The van der Waals surface area contributed by atoms with Crippen LogP contribution >= 0.6 is 0 Å². The van der Waals surface area contributed by atoms with E-state index in [4.69, 9.17) is 5.73 Å². The second-order valence-electron chi connectivity index (χ2n) is 6.72. The molecule has 0 bridgehead atoms. The van der Waals surface area contributed by atoms with Crippen LogP contribution in [0.15, 0.2) is 59.5 Å². The first-order valence-corrected chi connectivity index (χ1v) is 10.2. The molecule has 2 atom stereocenters. The molecule has 0 radical (unpaired) electrons. The molecule has 0 aliphatic carbocycles. The number of carbonyl (C=O) groups is 1. The molecule has 1 saturated heterocycles. The predicted octanol–water partition coefficient (Wildman–Crippen LogP) is 1.82. The number of likely N-dealkylation sites (tertiary alicyclic amines) is 1. The fraction of sp³-hybridized carbons (Fsp3) is 0.316. The van der Waals surface area contributed by atoms with Gasteiger partial charge in [-0.15, -0.1) is 0 Å². The van der Waals surface area contributed by atoms with E-state index in [1.165, 1.54) is 12.1 Å². The van der Waals surface area contributed by atoms with Crippen molar-refractivity contribution in [1.82, 2.24) is 4.90 Å². The minimum Gasteiger partial charge on any atom is -0.479 e. The SMILES string of the molecule is CS(=O)(=O)c1cccc([C@@H]2CCN(Cc3ccccc3)[C@]2(N)C(=O)O)c1. The summed E-state index contributed by atoms with van der Waals surface area (Å²) in [4.78, 5) is 14.0. The molecule has 6 nitrogen and oxygen atoms in total. The van der Waals surface area contributed by atoms with Gasteiger partial charge in [-0.2, -0.15) is 0 Å². The molecule has 1 heterocycles. The Kier molecular flexibility index (Phi) is 4.88. The van der Waals surface area contributed by atoms with Crippen LogP contribution < -0.4 is 5.73 Å². The number of nitrogens with two attached hydrogens (primary N) is 1. The second kappa shape index (κ2) is 6.83. The number of carboxylic acids is 1. The maximum atomic E-state index is 12.1. The molecule has 0 amide bonds. The van der Waals surface area contributed by atoms with Crippen molar-refractivity contribution in [3.63, 3.8) is 0 Å². The monoisotopic (exact) mass is 374 g/mol. The van der Waals surface area contributed by atoms with Gasteiger partial charge in [-0.25, -0.2) is 13.2 Å². The van der Waals surface area contributed by atoms with Gasteiger partial charge in [0.15, 0.2) is 15.5 Å². The number of sulfone groups is 1. The van der Waals surface area contributed by atoms with Gasteiger partial charge in [0.2, 0.25) is 0 Å². The number of rotatable bonds is 5. The standard InChI is InChI=1S/C19H22N2O4S/c1-26(24,25)16-9-5-8-15(12-16)17-10-11-21(19(17,20)18(22)23)13-14-6-3-2-4-7-14/h2-9,12,17H,10-11,13,20H2,1H3,(H,22,23)/t17-,19-/m0/s1. The number of nitrogens with zero attached hydrogens (tertiary/aromatic N) is 1. The quantitative estimate of drug-likeness (QED) is 0.828. The van der Waals surface area contributed by atoms with Crippen LogP contribution in [0.25, 0.3) is 0 Å². The lowest BCUT2D eigenvalue weighted by Crippen LogP contribution is -2.60. The van der Waals surface area contributed by atoms with Gasteiger partial charge in [0.25, 0.3) is 0 Å². The highest BCUT2D eigenvalue weighted by molar-refractivity contribution is 7.90. The molecule has 1 fully saturated rings. The van der Waals surface area contributed by atoms with Crippen molar-refractivity contribution in [2.24, 2.45) is 5.73 Å². The van der Waals surface area contributed by atoms with Crippen LogP contribution in [0, 0.1) is 0 Å². The van der Waals surface area contributed by atoms with Gasteiger partial charge in [0.05, 0.1) is 4.90 Å². The molecule has 0 aromatic heterocycles.